The third-order valence-corrected chi connectivity index (χ3v) is 7.66. The molecule has 2 amide bonds. The zero-order valence-corrected chi connectivity index (χ0v) is 23.6. The normalized spacial score (nSPS) is 16.7. The molecule has 1 fully saturated rings. The quantitative estimate of drug-likeness (QED) is 0.348. The van der Waals surface area contributed by atoms with Gasteiger partial charge in [-0.25, -0.2) is 4.98 Å². The highest BCUT2D eigenvalue weighted by atomic mass is 19.4. The van der Waals surface area contributed by atoms with Crippen molar-refractivity contribution in [3.05, 3.63) is 59.0 Å². The molecule has 0 unspecified atom stereocenters. The molecule has 2 aliphatic heterocycles. The minimum Gasteiger partial charge on any atom is -0.391 e. The number of hydrogen-bond donors (Lipinski definition) is 2. The molecule has 0 radical (unpaired) electrons. The molecule has 2 aliphatic rings. The molecule has 6 rings (SSSR count). The molecule has 0 aliphatic carbocycles. The monoisotopic (exact) mass is 595 g/mol. The third-order valence-electron chi connectivity index (χ3n) is 7.66. The Morgan fingerprint density at radius 2 is 1.95 bits per heavy atom. The van der Waals surface area contributed by atoms with Gasteiger partial charge in [-0.15, -0.1) is 10.2 Å². The first kappa shape index (κ1) is 28.3. The number of aliphatic hydroxyl groups excluding tert-OH is 1. The molecule has 4 aromatic rings. The number of benzene rings is 1. The van der Waals surface area contributed by atoms with Gasteiger partial charge in [-0.3, -0.25) is 19.2 Å². The summed E-state index contributed by atoms with van der Waals surface area (Å²) in [6, 6.07) is 5.38. The molecular formula is C28H28F3N9O3. The molecule has 43 heavy (non-hydrogen) atoms. The smallest absolute Gasteiger partial charge is 0.391 e. The Labute approximate surface area is 243 Å². The van der Waals surface area contributed by atoms with Gasteiger partial charge in [0.1, 0.15) is 18.0 Å². The zero-order valence-electron chi connectivity index (χ0n) is 23.6. The summed E-state index contributed by atoms with van der Waals surface area (Å²) in [6.07, 6.45) is -2.03. The minimum absolute atomic E-state index is 0.0194. The Bertz CT molecular complexity index is 1750. The molecule has 224 valence electrons. The first-order valence-corrected chi connectivity index (χ1v) is 13.6. The largest absolute Gasteiger partial charge is 0.416 e. The number of anilines is 2. The summed E-state index contributed by atoms with van der Waals surface area (Å²) in [5.74, 6) is -0.291. The van der Waals surface area contributed by atoms with Gasteiger partial charge in [0.15, 0.2) is 5.82 Å². The van der Waals surface area contributed by atoms with Gasteiger partial charge < -0.3 is 19.9 Å². The fourth-order valence-electron chi connectivity index (χ4n) is 5.61. The van der Waals surface area contributed by atoms with E-state index in [2.05, 4.69) is 25.6 Å². The van der Waals surface area contributed by atoms with Gasteiger partial charge in [0, 0.05) is 50.4 Å². The number of likely N-dealkylation sites (tertiary alicyclic amines) is 1. The van der Waals surface area contributed by atoms with Crippen molar-refractivity contribution in [2.75, 3.05) is 29.9 Å². The van der Waals surface area contributed by atoms with Crippen LogP contribution in [0.4, 0.5) is 24.8 Å². The van der Waals surface area contributed by atoms with Crippen molar-refractivity contribution < 1.29 is 27.9 Å². The highest BCUT2D eigenvalue weighted by Gasteiger charge is 2.42. The molecular weight excluding hydrogens is 567 g/mol. The maximum Gasteiger partial charge on any atom is 0.416 e. The Morgan fingerprint density at radius 3 is 2.60 bits per heavy atom. The predicted molar refractivity (Wildman–Crippen MR) is 149 cm³/mol. The van der Waals surface area contributed by atoms with Gasteiger partial charge in [-0.1, -0.05) is 0 Å². The van der Waals surface area contributed by atoms with Gasteiger partial charge in [0.25, 0.3) is 11.8 Å². The average Bonchev–Trinajstić information content (AvgIpc) is 3.74. The number of aryl methyl sites for hydroxylation is 2. The standard InChI is InChI=1S/C28H28F3N9O3/c1-4-32-22-9-15(24-19(11-34-38(24)3)25-36-33-14-37(25)2)10-23(35-22)40-13-20-18(27(40)43)7-16(8-21(20)28(29,30)31)26(42)39-6-5-17(41)12-39/h7-11,14,17,41H,4-6,12-13H2,1-3H3,(H,32,35)/t17-/m1/s1. The average molecular weight is 596 g/mol. The van der Waals surface area contributed by atoms with E-state index in [-0.39, 0.29) is 42.1 Å². The molecule has 0 bridgehead atoms. The van der Waals surface area contributed by atoms with Crippen LogP contribution >= 0.6 is 0 Å². The van der Waals surface area contributed by atoms with Crippen LogP contribution in [0.2, 0.25) is 0 Å². The van der Waals surface area contributed by atoms with E-state index >= 15 is 0 Å². The van der Waals surface area contributed by atoms with E-state index in [1.165, 1.54) is 15.9 Å². The number of aliphatic hydroxyl groups is 1. The van der Waals surface area contributed by atoms with Crippen molar-refractivity contribution in [3.8, 4) is 22.6 Å². The van der Waals surface area contributed by atoms with Crippen molar-refractivity contribution in [2.24, 2.45) is 14.1 Å². The van der Waals surface area contributed by atoms with Gasteiger partial charge in [0.2, 0.25) is 0 Å². The van der Waals surface area contributed by atoms with Crippen molar-refractivity contribution in [3.63, 3.8) is 0 Å². The topological polar surface area (TPSA) is 134 Å². The molecule has 0 spiro atoms. The second-order valence-electron chi connectivity index (χ2n) is 10.6. The van der Waals surface area contributed by atoms with Crippen molar-refractivity contribution in [1.29, 1.82) is 0 Å². The molecule has 1 atom stereocenters. The molecule has 12 nitrogen and oxygen atoms in total. The molecule has 0 saturated carbocycles. The Balaban J connectivity index is 1.44. The van der Waals surface area contributed by atoms with E-state index in [9.17, 15) is 27.9 Å². The summed E-state index contributed by atoms with van der Waals surface area (Å²) in [5.41, 5.74) is 0.148. The number of fused-ring (bicyclic) bond motifs is 1. The summed E-state index contributed by atoms with van der Waals surface area (Å²) in [6.45, 7) is 2.22. The van der Waals surface area contributed by atoms with Gasteiger partial charge in [-0.05, 0) is 43.2 Å². The van der Waals surface area contributed by atoms with Crippen molar-refractivity contribution >= 4 is 23.5 Å². The van der Waals surface area contributed by atoms with Crippen molar-refractivity contribution in [1.82, 2.24) is 34.4 Å². The summed E-state index contributed by atoms with van der Waals surface area (Å²) in [4.78, 5) is 33.9. The number of hydrogen-bond acceptors (Lipinski definition) is 8. The zero-order chi connectivity index (χ0) is 30.6. The SMILES string of the molecule is CCNc1cc(-c2c(-c3nncn3C)cnn2C)cc(N2Cc3c(cc(C(=O)N4CC[C@@H](O)C4)cc3C(F)(F)F)C2=O)n1. The third kappa shape index (κ3) is 4.98. The lowest BCUT2D eigenvalue weighted by molar-refractivity contribution is -0.138. The highest BCUT2D eigenvalue weighted by molar-refractivity contribution is 6.11. The number of pyridine rings is 1. The van der Waals surface area contributed by atoms with Crippen LogP contribution in [0, 0.1) is 0 Å². The Morgan fingerprint density at radius 1 is 1.16 bits per heavy atom. The van der Waals surface area contributed by atoms with Crippen LogP contribution in [0.5, 0.6) is 0 Å². The van der Waals surface area contributed by atoms with Crippen LogP contribution in [-0.2, 0) is 26.8 Å². The first-order valence-electron chi connectivity index (χ1n) is 13.6. The van der Waals surface area contributed by atoms with E-state index in [1.807, 2.05) is 6.92 Å². The lowest BCUT2D eigenvalue weighted by Gasteiger charge is -2.19. The molecule has 1 saturated heterocycles. The minimum atomic E-state index is -4.81. The van der Waals surface area contributed by atoms with Gasteiger partial charge >= 0.3 is 6.18 Å². The predicted octanol–water partition coefficient (Wildman–Crippen LogP) is 3.10. The molecule has 3 aromatic heterocycles. The number of rotatable bonds is 6. The molecule has 2 N–H and O–H groups in total. The summed E-state index contributed by atoms with van der Waals surface area (Å²) in [7, 11) is 3.53. The Hall–Kier alpha value is -4.79. The van der Waals surface area contributed by atoms with E-state index in [4.69, 9.17) is 0 Å². The second kappa shape index (κ2) is 10.5. The number of amides is 2. The number of alkyl halides is 3. The Kier molecular flexibility index (Phi) is 6.91. The molecule has 15 heteroatoms. The number of carbonyl (C=O) groups excluding carboxylic acids is 2. The van der Waals surface area contributed by atoms with E-state index in [1.54, 1.807) is 48.0 Å². The second-order valence-corrected chi connectivity index (χ2v) is 10.6. The summed E-state index contributed by atoms with van der Waals surface area (Å²) < 4.78 is 46.3. The fourth-order valence-corrected chi connectivity index (χ4v) is 5.61. The van der Waals surface area contributed by atoms with Crippen LogP contribution in [-0.4, -0.2) is 77.1 Å². The van der Waals surface area contributed by atoms with E-state index in [0.717, 1.165) is 6.07 Å². The van der Waals surface area contributed by atoms with Crippen LogP contribution in [0.25, 0.3) is 22.6 Å². The van der Waals surface area contributed by atoms with Crippen LogP contribution in [0.15, 0.2) is 36.8 Å². The fraction of sp³-hybridized carbons (Fsp3) is 0.357. The van der Waals surface area contributed by atoms with Crippen LogP contribution < -0.4 is 10.2 Å². The number of nitrogens with zero attached hydrogens (tertiary/aromatic N) is 8. The number of nitrogens with one attached hydrogen (secondary N) is 1. The number of halogens is 3. The van der Waals surface area contributed by atoms with E-state index < -0.39 is 29.7 Å². The van der Waals surface area contributed by atoms with Crippen LogP contribution in [0.3, 0.4) is 0 Å². The van der Waals surface area contributed by atoms with Gasteiger partial charge in [-0.2, -0.15) is 18.3 Å². The first-order chi connectivity index (χ1) is 20.5. The summed E-state index contributed by atoms with van der Waals surface area (Å²) in [5, 5.41) is 25.5. The summed E-state index contributed by atoms with van der Waals surface area (Å²) >= 11 is 0. The van der Waals surface area contributed by atoms with Crippen LogP contribution in [0.1, 0.15) is 45.2 Å². The van der Waals surface area contributed by atoms with Crippen molar-refractivity contribution in [2.45, 2.75) is 32.2 Å². The van der Waals surface area contributed by atoms with Gasteiger partial charge in [0.05, 0.1) is 35.7 Å². The molecule has 5 heterocycles. The van der Waals surface area contributed by atoms with E-state index in [0.29, 0.717) is 41.4 Å². The highest BCUT2D eigenvalue weighted by Crippen LogP contribution is 2.41. The molecule has 1 aromatic carbocycles. The lowest BCUT2D eigenvalue weighted by atomic mass is 9.98. The number of carbonyl (C=O) groups is 2. The maximum atomic E-state index is 14.3. The number of β-amino-alcohol motifs (C(OH)–C–C–N with tert-alkyl or cyclic N) is 1. The maximum absolute atomic E-state index is 14.3. The number of aromatic nitrogens is 6. The lowest BCUT2D eigenvalue weighted by Crippen LogP contribution is -2.30.